The summed E-state index contributed by atoms with van der Waals surface area (Å²) in [5, 5.41) is 28.9. The van der Waals surface area contributed by atoms with Gasteiger partial charge in [-0.1, -0.05) is 34.4 Å². The first kappa shape index (κ1) is 29.6. The molecule has 0 saturated heterocycles. The monoisotopic (exact) mass is 659 g/mol. The third-order valence-corrected chi connectivity index (χ3v) is 10.9. The van der Waals surface area contributed by atoms with E-state index in [2.05, 4.69) is 15.5 Å². The van der Waals surface area contributed by atoms with E-state index in [9.17, 15) is 14.7 Å². The summed E-state index contributed by atoms with van der Waals surface area (Å²) in [5.41, 5.74) is 0.889. The Morgan fingerprint density at radius 1 is 1.14 bits per heavy atom. The summed E-state index contributed by atoms with van der Waals surface area (Å²) in [6.07, 6.45) is 4.68. The fourth-order valence-electron chi connectivity index (χ4n) is 6.79. The van der Waals surface area contributed by atoms with Crippen molar-refractivity contribution in [1.29, 1.82) is 0 Å². The van der Waals surface area contributed by atoms with Crippen molar-refractivity contribution in [3.63, 3.8) is 0 Å². The van der Waals surface area contributed by atoms with Gasteiger partial charge in [0.25, 0.3) is 5.91 Å². The Kier molecular flexibility index (Phi) is 7.65. The average Bonchev–Trinajstić information content (AvgIpc) is 3.56. The number of thiazole rings is 1. The van der Waals surface area contributed by atoms with Crippen LogP contribution in [0, 0.1) is 17.7 Å². The molecule has 0 radical (unpaired) electrons. The van der Waals surface area contributed by atoms with Gasteiger partial charge in [0.05, 0.1) is 27.5 Å². The maximum Gasteiger partial charge on any atom is 0.322 e. The smallest absolute Gasteiger partial charge is 0.322 e. The third kappa shape index (κ3) is 5.18. The number of aliphatic carboxylic acids is 1. The first-order valence-electron chi connectivity index (χ1n) is 14.5. The van der Waals surface area contributed by atoms with Crippen molar-refractivity contribution in [2.45, 2.75) is 62.8 Å². The summed E-state index contributed by atoms with van der Waals surface area (Å²) < 4.78 is 27.7. The maximum absolute atomic E-state index is 15.0. The van der Waals surface area contributed by atoms with Gasteiger partial charge in [0.15, 0.2) is 5.82 Å². The molecular weight excluding hydrogens is 632 g/mol. The van der Waals surface area contributed by atoms with Crippen molar-refractivity contribution in [3.8, 4) is 11.3 Å². The van der Waals surface area contributed by atoms with Gasteiger partial charge in [0.2, 0.25) is 0 Å². The molecular formula is C31H28Cl2FN3O6S. The van der Waals surface area contributed by atoms with Crippen LogP contribution in [0.15, 0.2) is 34.9 Å². The lowest BCUT2D eigenvalue weighted by Gasteiger charge is -2.41. The van der Waals surface area contributed by atoms with E-state index in [0.717, 1.165) is 54.4 Å². The van der Waals surface area contributed by atoms with Gasteiger partial charge in [-0.3, -0.25) is 9.59 Å². The molecule has 3 saturated carbocycles. The number of benzene rings is 2. The largest absolute Gasteiger partial charge is 0.480 e. The summed E-state index contributed by atoms with van der Waals surface area (Å²) >= 11 is 14.2. The fraction of sp³-hybridized carbons (Fsp3) is 0.419. The number of aliphatic hydroxyl groups is 1. The van der Waals surface area contributed by atoms with E-state index in [1.54, 1.807) is 18.2 Å². The number of carbonyl (C=O) groups excluding carboxylic acids is 1. The van der Waals surface area contributed by atoms with Crippen LogP contribution in [0.4, 0.5) is 4.39 Å². The van der Waals surface area contributed by atoms with E-state index in [1.165, 1.54) is 6.07 Å². The van der Waals surface area contributed by atoms with Gasteiger partial charge in [-0.2, -0.15) is 0 Å². The number of carbonyl (C=O) groups is 2. The first-order chi connectivity index (χ1) is 21.1. The summed E-state index contributed by atoms with van der Waals surface area (Å²) in [4.78, 5) is 27.7. The van der Waals surface area contributed by atoms with E-state index in [4.69, 9.17) is 37.6 Å². The Balaban J connectivity index is 1.10. The molecule has 2 aromatic heterocycles. The number of carboxylic acid groups (broad SMARTS) is 1. The molecule has 4 atom stereocenters. The highest BCUT2D eigenvalue weighted by atomic mass is 35.5. The van der Waals surface area contributed by atoms with E-state index in [1.807, 2.05) is 0 Å². The maximum atomic E-state index is 15.0. The predicted octanol–water partition coefficient (Wildman–Crippen LogP) is 6.68. The minimum Gasteiger partial charge on any atom is -0.480 e. The molecule has 1 amide bonds. The molecule has 7 rings (SSSR count). The van der Waals surface area contributed by atoms with Gasteiger partial charge in [-0.25, -0.2) is 9.37 Å². The average molecular weight is 661 g/mol. The molecule has 2 heterocycles. The molecule has 3 aliphatic carbocycles. The third-order valence-electron chi connectivity index (χ3n) is 9.09. The van der Waals surface area contributed by atoms with Crippen LogP contribution in [0.5, 0.6) is 0 Å². The van der Waals surface area contributed by atoms with E-state index in [-0.39, 0.29) is 35.6 Å². The number of nitrogens with one attached hydrogen (secondary N) is 1. The topological polar surface area (TPSA) is 135 Å². The zero-order valence-electron chi connectivity index (χ0n) is 23.3. The second-order valence-corrected chi connectivity index (χ2v) is 13.7. The van der Waals surface area contributed by atoms with Crippen molar-refractivity contribution in [2.24, 2.45) is 11.8 Å². The molecule has 2 aromatic carbocycles. The lowest BCUT2D eigenvalue weighted by molar-refractivity contribution is -0.135. The van der Waals surface area contributed by atoms with Crippen LogP contribution in [0.1, 0.15) is 71.1 Å². The first-order valence-corrected chi connectivity index (χ1v) is 16.1. The van der Waals surface area contributed by atoms with Crippen LogP contribution >= 0.6 is 34.5 Å². The Labute approximate surface area is 265 Å². The van der Waals surface area contributed by atoms with Crippen LogP contribution in [0.25, 0.3) is 21.5 Å². The SMILES string of the molecule is O=C(O)CNC(=O)c1cc(F)c2nc([C@]3(O)[C@@H]4CC[C@H]3C[C@H](OCc3c(-c5c(Cl)cccc5Cl)noc3C3CC3)C4)sc2c1. The predicted molar refractivity (Wildman–Crippen MR) is 161 cm³/mol. The number of nitrogens with zero attached hydrogens (tertiary/aromatic N) is 2. The highest BCUT2D eigenvalue weighted by Gasteiger charge is 2.56. The second-order valence-electron chi connectivity index (χ2n) is 11.8. The molecule has 0 unspecified atom stereocenters. The van der Waals surface area contributed by atoms with Gasteiger partial charge in [0, 0.05) is 22.6 Å². The lowest BCUT2D eigenvalue weighted by atomic mass is 9.73. The standard InChI is InChI=1S/C31H28Cl2FN3O6S/c32-20-2-1-3-21(33)25(20)26-19(28(43-37-26)14-4-5-14)13-42-18-10-16-6-7-17(11-18)31(16,41)30-36-27-22(34)8-15(9-23(27)44-30)29(40)35-12-24(38)39/h1-3,8-9,14,16-18,41H,4-7,10-13H2,(H,35,40)(H,38,39)/t16-,17+,18-,31+. The van der Waals surface area contributed by atoms with Gasteiger partial charge >= 0.3 is 5.97 Å². The Hall–Kier alpha value is -3.09. The molecule has 230 valence electrons. The molecule has 3 fully saturated rings. The van der Waals surface area contributed by atoms with E-state index < -0.39 is 29.8 Å². The van der Waals surface area contributed by atoms with Gasteiger partial charge < -0.3 is 24.8 Å². The van der Waals surface area contributed by atoms with Crippen LogP contribution < -0.4 is 5.32 Å². The Morgan fingerprint density at radius 2 is 1.84 bits per heavy atom. The molecule has 4 aromatic rings. The summed E-state index contributed by atoms with van der Waals surface area (Å²) in [7, 11) is 0. The van der Waals surface area contributed by atoms with Gasteiger partial charge in [-0.05, 0) is 74.6 Å². The van der Waals surface area contributed by atoms with Gasteiger partial charge in [0.1, 0.15) is 34.1 Å². The van der Waals surface area contributed by atoms with Gasteiger partial charge in [-0.15, -0.1) is 11.3 Å². The number of carboxylic acids is 1. The van der Waals surface area contributed by atoms with Crippen LogP contribution in [0.3, 0.4) is 0 Å². The zero-order valence-corrected chi connectivity index (χ0v) is 25.6. The van der Waals surface area contributed by atoms with Crippen LogP contribution in [0.2, 0.25) is 10.0 Å². The molecule has 9 nitrogen and oxygen atoms in total. The number of halogens is 3. The zero-order chi connectivity index (χ0) is 30.7. The molecule has 2 bridgehead atoms. The van der Waals surface area contributed by atoms with Crippen molar-refractivity contribution >= 4 is 56.6 Å². The molecule has 3 N–H and O–H groups in total. The summed E-state index contributed by atoms with van der Waals surface area (Å²) in [6.45, 7) is -0.305. The number of hydrogen-bond donors (Lipinski definition) is 3. The Morgan fingerprint density at radius 3 is 2.50 bits per heavy atom. The minimum absolute atomic E-state index is 0.00438. The fourth-order valence-corrected chi connectivity index (χ4v) is 8.63. The minimum atomic E-state index is -1.24. The molecule has 13 heteroatoms. The number of amides is 1. The normalized spacial score (nSPS) is 24.6. The number of rotatable bonds is 9. The van der Waals surface area contributed by atoms with Crippen molar-refractivity contribution in [2.75, 3.05) is 6.54 Å². The van der Waals surface area contributed by atoms with Crippen LogP contribution in [-0.2, 0) is 21.7 Å². The molecule has 0 aliphatic heterocycles. The van der Waals surface area contributed by atoms with E-state index in [0.29, 0.717) is 49.8 Å². The number of aromatic nitrogens is 2. The number of hydrogen-bond acceptors (Lipinski definition) is 8. The highest BCUT2D eigenvalue weighted by Crippen LogP contribution is 2.57. The lowest BCUT2D eigenvalue weighted by Crippen LogP contribution is -2.44. The van der Waals surface area contributed by atoms with Crippen molar-refractivity contribution < 1.29 is 33.5 Å². The van der Waals surface area contributed by atoms with E-state index >= 15 is 4.39 Å². The van der Waals surface area contributed by atoms with Crippen molar-refractivity contribution in [3.05, 3.63) is 68.1 Å². The summed E-state index contributed by atoms with van der Waals surface area (Å²) in [6, 6.07) is 7.83. The number of fused-ring (bicyclic) bond motifs is 3. The quantitative estimate of drug-likeness (QED) is 0.181. The molecule has 44 heavy (non-hydrogen) atoms. The second kappa shape index (κ2) is 11.4. The van der Waals surface area contributed by atoms with Crippen molar-refractivity contribution in [1.82, 2.24) is 15.5 Å². The molecule has 3 aliphatic rings. The Bertz CT molecular complexity index is 1760. The molecule has 0 spiro atoms. The summed E-state index contributed by atoms with van der Waals surface area (Å²) in [5.74, 6) is -1.78. The highest BCUT2D eigenvalue weighted by molar-refractivity contribution is 7.18. The number of ether oxygens (including phenoxy) is 1. The van der Waals surface area contributed by atoms with Crippen LogP contribution in [-0.4, -0.2) is 44.9 Å².